The second kappa shape index (κ2) is 7.87. The van der Waals surface area contributed by atoms with Crippen LogP contribution in [0.2, 0.25) is 0 Å². The molecule has 0 aliphatic carbocycles. The summed E-state index contributed by atoms with van der Waals surface area (Å²) in [5.41, 5.74) is 2.67. The molecule has 112 valence electrons. The number of nitriles is 1. The van der Waals surface area contributed by atoms with Crippen molar-refractivity contribution in [3.05, 3.63) is 59.2 Å². The summed E-state index contributed by atoms with van der Waals surface area (Å²) in [6.45, 7) is 0.177. The number of methoxy groups -OCH3 is 2. The molecule has 0 saturated carbocycles. The highest BCUT2D eigenvalue weighted by atomic mass is 16.7. The van der Waals surface area contributed by atoms with Crippen LogP contribution in [0.3, 0.4) is 0 Å². The lowest BCUT2D eigenvalue weighted by atomic mass is 10.1. The van der Waals surface area contributed by atoms with E-state index in [0.29, 0.717) is 17.1 Å². The molecule has 0 aliphatic heterocycles. The van der Waals surface area contributed by atoms with Crippen LogP contribution in [0.5, 0.6) is 11.5 Å². The second-order valence-electron chi connectivity index (χ2n) is 4.53. The molecule has 0 aliphatic rings. The third kappa shape index (κ3) is 4.11. The quantitative estimate of drug-likeness (QED) is 0.602. The lowest BCUT2D eigenvalue weighted by Crippen LogP contribution is -2.00. The van der Waals surface area contributed by atoms with Crippen molar-refractivity contribution < 1.29 is 14.2 Å². The van der Waals surface area contributed by atoms with Crippen LogP contribution < -0.4 is 9.47 Å². The Balaban J connectivity index is 2.14. The Kier molecular flexibility index (Phi) is 5.58. The first-order chi connectivity index (χ1) is 10.8. The molecule has 0 aromatic heterocycles. The van der Waals surface area contributed by atoms with E-state index >= 15 is 0 Å². The van der Waals surface area contributed by atoms with Gasteiger partial charge in [0.05, 0.1) is 18.7 Å². The van der Waals surface area contributed by atoms with Crippen molar-refractivity contribution in [1.29, 1.82) is 5.26 Å². The predicted octanol–water partition coefficient (Wildman–Crippen LogP) is 3.72. The highest BCUT2D eigenvalue weighted by Crippen LogP contribution is 2.28. The van der Waals surface area contributed by atoms with Gasteiger partial charge in [0, 0.05) is 7.11 Å². The Morgan fingerprint density at radius 3 is 2.27 bits per heavy atom. The van der Waals surface area contributed by atoms with E-state index in [1.807, 2.05) is 42.5 Å². The average Bonchev–Trinajstić information content (AvgIpc) is 2.58. The van der Waals surface area contributed by atoms with Crippen molar-refractivity contribution in [1.82, 2.24) is 0 Å². The van der Waals surface area contributed by atoms with Gasteiger partial charge in [-0.05, 0) is 35.4 Å². The van der Waals surface area contributed by atoms with Crippen LogP contribution in [0.25, 0.3) is 12.2 Å². The van der Waals surface area contributed by atoms with E-state index in [0.717, 1.165) is 11.1 Å². The number of rotatable bonds is 6. The number of benzene rings is 2. The molecule has 0 atom stereocenters. The third-order valence-corrected chi connectivity index (χ3v) is 3.03. The molecule has 0 spiro atoms. The van der Waals surface area contributed by atoms with Gasteiger partial charge in [0.1, 0.15) is 0 Å². The Hall–Kier alpha value is -2.77. The maximum absolute atomic E-state index is 8.78. The summed E-state index contributed by atoms with van der Waals surface area (Å²) >= 11 is 0. The monoisotopic (exact) mass is 295 g/mol. The van der Waals surface area contributed by atoms with Crippen LogP contribution in [0.15, 0.2) is 42.5 Å². The molecule has 2 aromatic rings. The number of hydrogen-bond donors (Lipinski definition) is 0. The minimum absolute atomic E-state index is 0.177. The zero-order valence-corrected chi connectivity index (χ0v) is 12.6. The molecule has 0 bridgehead atoms. The fourth-order valence-electron chi connectivity index (χ4n) is 1.89. The van der Waals surface area contributed by atoms with Gasteiger partial charge in [-0.1, -0.05) is 30.4 Å². The SMILES string of the molecule is COCOc1ccc(/C=C/c2ccc(C#N)cc2)cc1OC. The smallest absolute Gasteiger partial charge is 0.188 e. The Labute approximate surface area is 130 Å². The molecular weight excluding hydrogens is 278 g/mol. The summed E-state index contributed by atoms with van der Waals surface area (Å²) in [5, 5.41) is 8.78. The number of ether oxygens (including phenoxy) is 3. The van der Waals surface area contributed by atoms with E-state index < -0.39 is 0 Å². The normalized spacial score (nSPS) is 10.4. The van der Waals surface area contributed by atoms with E-state index in [9.17, 15) is 0 Å². The van der Waals surface area contributed by atoms with E-state index in [1.54, 1.807) is 26.4 Å². The number of nitrogens with zero attached hydrogens (tertiary/aromatic N) is 1. The second-order valence-corrected chi connectivity index (χ2v) is 4.53. The van der Waals surface area contributed by atoms with Crippen molar-refractivity contribution >= 4 is 12.2 Å². The largest absolute Gasteiger partial charge is 0.493 e. The maximum Gasteiger partial charge on any atom is 0.188 e. The van der Waals surface area contributed by atoms with Crippen LogP contribution in [0.1, 0.15) is 16.7 Å². The number of hydrogen-bond acceptors (Lipinski definition) is 4. The summed E-state index contributed by atoms with van der Waals surface area (Å²) in [6, 6.07) is 15.2. The molecule has 0 heterocycles. The minimum Gasteiger partial charge on any atom is -0.493 e. The summed E-state index contributed by atoms with van der Waals surface area (Å²) in [5.74, 6) is 1.29. The first-order valence-electron chi connectivity index (χ1n) is 6.75. The molecule has 0 N–H and O–H groups in total. The molecule has 0 fully saturated rings. The molecule has 4 nitrogen and oxygen atoms in total. The molecule has 0 unspecified atom stereocenters. The van der Waals surface area contributed by atoms with Crippen LogP contribution in [0.4, 0.5) is 0 Å². The van der Waals surface area contributed by atoms with E-state index in [2.05, 4.69) is 6.07 Å². The van der Waals surface area contributed by atoms with Gasteiger partial charge >= 0.3 is 0 Å². The third-order valence-electron chi connectivity index (χ3n) is 3.03. The molecule has 0 amide bonds. The first-order valence-corrected chi connectivity index (χ1v) is 6.75. The molecule has 22 heavy (non-hydrogen) atoms. The molecule has 4 heteroatoms. The highest BCUT2D eigenvalue weighted by molar-refractivity contribution is 5.71. The van der Waals surface area contributed by atoms with Gasteiger partial charge in [0.15, 0.2) is 18.3 Å². The molecule has 0 radical (unpaired) electrons. The van der Waals surface area contributed by atoms with Crippen LogP contribution in [0, 0.1) is 11.3 Å². The van der Waals surface area contributed by atoms with Gasteiger partial charge in [-0.15, -0.1) is 0 Å². The fraction of sp³-hybridized carbons (Fsp3) is 0.167. The Morgan fingerprint density at radius 1 is 0.955 bits per heavy atom. The average molecular weight is 295 g/mol. The predicted molar refractivity (Wildman–Crippen MR) is 85.6 cm³/mol. The summed E-state index contributed by atoms with van der Waals surface area (Å²) < 4.78 is 15.6. The van der Waals surface area contributed by atoms with E-state index in [-0.39, 0.29) is 6.79 Å². The summed E-state index contributed by atoms with van der Waals surface area (Å²) in [6.07, 6.45) is 3.95. The lowest BCUT2D eigenvalue weighted by Gasteiger charge is -2.10. The van der Waals surface area contributed by atoms with E-state index in [4.69, 9.17) is 19.5 Å². The van der Waals surface area contributed by atoms with Crippen LogP contribution in [-0.4, -0.2) is 21.0 Å². The summed E-state index contributed by atoms with van der Waals surface area (Å²) in [4.78, 5) is 0. The minimum atomic E-state index is 0.177. The van der Waals surface area contributed by atoms with Gasteiger partial charge in [0.2, 0.25) is 0 Å². The van der Waals surface area contributed by atoms with Crippen LogP contribution >= 0.6 is 0 Å². The Morgan fingerprint density at radius 2 is 1.64 bits per heavy atom. The van der Waals surface area contributed by atoms with Gasteiger partial charge in [0.25, 0.3) is 0 Å². The highest BCUT2D eigenvalue weighted by Gasteiger charge is 2.04. The summed E-state index contributed by atoms with van der Waals surface area (Å²) in [7, 11) is 3.17. The van der Waals surface area contributed by atoms with Crippen LogP contribution in [-0.2, 0) is 4.74 Å². The lowest BCUT2D eigenvalue weighted by molar-refractivity contribution is 0.0491. The molecular formula is C18H17NO3. The van der Waals surface area contributed by atoms with Gasteiger partial charge < -0.3 is 14.2 Å². The van der Waals surface area contributed by atoms with Crippen molar-refractivity contribution in [2.75, 3.05) is 21.0 Å². The van der Waals surface area contributed by atoms with Crippen molar-refractivity contribution in [2.24, 2.45) is 0 Å². The Bertz CT molecular complexity index is 684. The maximum atomic E-state index is 8.78. The van der Waals surface area contributed by atoms with E-state index in [1.165, 1.54) is 0 Å². The van der Waals surface area contributed by atoms with Gasteiger partial charge in [-0.2, -0.15) is 5.26 Å². The standard InChI is InChI=1S/C18H17NO3/c1-20-13-22-17-10-9-15(11-18(17)21-2)6-3-14-4-7-16(12-19)8-5-14/h3-11H,13H2,1-2H3/b6-3+. The fourth-order valence-corrected chi connectivity index (χ4v) is 1.89. The van der Waals surface area contributed by atoms with Crippen molar-refractivity contribution in [3.63, 3.8) is 0 Å². The first kappa shape index (κ1) is 15.6. The molecule has 0 saturated heterocycles. The van der Waals surface area contributed by atoms with Crippen molar-refractivity contribution in [3.8, 4) is 17.6 Å². The van der Waals surface area contributed by atoms with Gasteiger partial charge in [-0.25, -0.2) is 0 Å². The van der Waals surface area contributed by atoms with Gasteiger partial charge in [-0.3, -0.25) is 0 Å². The van der Waals surface area contributed by atoms with Crippen molar-refractivity contribution in [2.45, 2.75) is 0 Å². The molecule has 2 rings (SSSR count). The zero-order valence-electron chi connectivity index (χ0n) is 12.6. The zero-order chi connectivity index (χ0) is 15.8. The molecule has 2 aromatic carbocycles. The topological polar surface area (TPSA) is 51.5 Å².